The monoisotopic (exact) mass is 220 g/mol. The predicted octanol–water partition coefficient (Wildman–Crippen LogP) is 2.04. The second-order valence-electron chi connectivity index (χ2n) is 4.60. The van der Waals surface area contributed by atoms with E-state index in [0.717, 1.165) is 25.0 Å². The van der Waals surface area contributed by atoms with E-state index in [2.05, 4.69) is 17.2 Å². The third kappa shape index (κ3) is 2.80. The molecule has 3 nitrogen and oxygen atoms in total. The average molecular weight is 220 g/mol. The molecule has 0 aromatic carbocycles. The molecule has 2 N–H and O–H groups in total. The van der Waals surface area contributed by atoms with Gasteiger partial charge in [0.25, 0.3) is 0 Å². The van der Waals surface area contributed by atoms with Gasteiger partial charge in [0.1, 0.15) is 0 Å². The fraction of sp³-hybridized carbons (Fsp3) is 0.615. The third-order valence-corrected chi connectivity index (χ3v) is 3.32. The number of aliphatic hydroxyl groups is 1. The van der Waals surface area contributed by atoms with Crippen molar-refractivity contribution in [1.29, 1.82) is 0 Å². The van der Waals surface area contributed by atoms with Gasteiger partial charge in [-0.25, -0.2) is 0 Å². The van der Waals surface area contributed by atoms with Gasteiger partial charge >= 0.3 is 0 Å². The Kier molecular flexibility index (Phi) is 3.91. The number of rotatable bonds is 3. The van der Waals surface area contributed by atoms with E-state index in [1.54, 1.807) is 0 Å². The topological polar surface area (TPSA) is 45.1 Å². The molecule has 16 heavy (non-hydrogen) atoms. The highest BCUT2D eigenvalue weighted by Crippen LogP contribution is 2.21. The maximum absolute atomic E-state index is 9.88. The molecule has 0 radical (unpaired) electrons. The Morgan fingerprint density at radius 1 is 1.38 bits per heavy atom. The van der Waals surface area contributed by atoms with E-state index in [-0.39, 0.29) is 18.2 Å². The van der Waals surface area contributed by atoms with Gasteiger partial charge in [-0.15, -0.1) is 0 Å². The van der Waals surface area contributed by atoms with Crippen LogP contribution in [0, 0.1) is 0 Å². The van der Waals surface area contributed by atoms with Crippen LogP contribution in [0.3, 0.4) is 0 Å². The number of aromatic nitrogens is 1. The first kappa shape index (κ1) is 11.6. The third-order valence-electron chi connectivity index (χ3n) is 3.32. The lowest BCUT2D eigenvalue weighted by Gasteiger charge is -2.30. The van der Waals surface area contributed by atoms with E-state index in [1.165, 1.54) is 6.42 Å². The Hall–Kier alpha value is -0.930. The van der Waals surface area contributed by atoms with Crippen LogP contribution in [0.2, 0.25) is 0 Å². The van der Waals surface area contributed by atoms with Crippen LogP contribution in [0.25, 0.3) is 0 Å². The summed E-state index contributed by atoms with van der Waals surface area (Å²) in [6, 6.07) is 6.38. The van der Waals surface area contributed by atoms with Crippen LogP contribution in [-0.4, -0.2) is 22.2 Å². The van der Waals surface area contributed by atoms with E-state index in [4.69, 9.17) is 0 Å². The molecule has 0 aliphatic heterocycles. The lowest BCUT2D eigenvalue weighted by Crippen LogP contribution is -2.43. The molecule has 0 saturated heterocycles. The zero-order valence-electron chi connectivity index (χ0n) is 9.76. The van der Waals surface area contributed by atoms with Gasteiger partial charge in [-0.2, -0.15) is 0 Å². The molecule has 1 aliphatic carbocycles. The summed E-state index contributed by atoms with van der Waals surface area (Å²) < 4.78 is 0. The van der Waals surface area contributed by atoms with Crippen molar-refractivity contribution >= 4 is 0 Å². The van der Waals surface area contributed by atoms with E-state index in [1.807, 2.05) is 24.4 Å². The molecule has 1 aromatic rings. The van der Waals surface area contributed by atoms with Gasteiger partial charge in [0.15, 0.2) is 0 Å². The largest absolute Gasteiger partial charge is 0.392 e. The number of aliphatic hydroxyl groups excluding tert-OH is 1. The van der Waals surface area contributed by atoms with E-state index in [0.29, 0.717) is 0 Å². The summed E-state index contributed by atoms with van der Waals surface area (Å²) in [5, 5.41) is 13.4. The lowest BCUT2D eigenvalue weighted by atomic mass is 9.92. The van der Waals surface area contributed by atoms with Gasteiger partial charge in [0, 0.05) is 18.3 Å². The minimum Gasteiger partial charge on any atom is -0.392 e. The van der Waals surface area contributed by atoms with Crippen molar-refractivity contribution in [1.82, 2.24) is 10.3 Å². The second-order valence-corrected chi connectivity index (χ2v) is 4.60. The van der Waals surface area contributed by atoms with Crippen molar-refractivity contribution < 1.29 is 5.11 Å². The van der Waals surface area contributed by atoms with Crippen LogP contribution in [0.15, 0.2) is 24.4 Å². The highest BCUT2D eigenvalue weighted by atomic mass is 16.3. The molecular weight excluding hydrogens is 200 g/mol. The Morgan fingerprint density at radius 3 is 2.88 bits per heavy atom. The smallest absolute Gasteiger partial charge is 0.0693 e. The number of nitrogens with one attached hydrogen (secondary N) is 1. The van der Waals surface area contributed by atoms with Crippen molar-refractivity contribution in [2.75, 3.05) is 0 Å². The van der Waals surface area contributed by atoms with Gasteiger partial charge in [-0.05, 0) is 31.9 Å². The highest BCUT2D eigenvalue weighted by Gasteiger charge is 2.24. The van der Waals surface area contributed by atoms with Crippen molar-refractivity contribution in [3.8, 4) is 0 Å². The summed E-state index contributed by atoms with van der Waals surface area (Å²) in [6.45, 7) is 2.10. The first-order valence-electron chi connectivity index (χ1n) is 6.12. The van der Waals surface area contributed by atoms with Crippen LogP contribution < -0.4 is 5.32 Å². The number of hydrogen-bond acceptors (Lipinski definition) is 3. The van der Waals surface area contributed by atoms with E-state index in [9.17, 15) is 5.11 Å². The molecule has 2 unspecified atom stereocenters. The van der Waals surface area contributed by atoms with Crippen molar-refractivity contribution in [3.05, 3.63) is 30.1 Å². The van der Waals surface area contributed by atoms with Crippen LogP contribution in [0.1, 0.15) is 44.3 Å². The lowest BCUT2D eigenvalue weighted by molar-refractivity contribution is 0.0857. The summed E-state index contributed by atoms with van der Waals surface area (Å²) in [7, 11) is 0. The van der Waals surface area contributed by atoms with Gasteiger partial charge < -0.3 is 10.4 Å². The molecule has 3 atom stereocenters. The van der Waals surface area contributed by atoms with E-state index < -0.39 is 0 Å². The fourth-order valence-electron chi connectivity index (χ4n) is 2.34. The van der Waals surface area contributed by atoms with Crippen molar-refractivity contribution in [2.45, 2.75) is 50.8 Å². The fourth-order valence-corrected chi connectivity index (χ4v) is 2.34. The molecule has 1 aliphatic rings. The molecule has 3 heteroatoms. The molecule has 1 saturated carbocycles. The maximum atomic E-state index is 9.88. The zero-order chi connectivity index (χ0) is 11.4. The summed E-state index contributed by atoms with van der Waals surface area (Å²) in [5.74, 6) is 0. The number of hydrogen-bond donors (Lipinski definition) is 2. The van der Waals surface area contributed by atoms with Crippen molar-refractivity contribution in [3.63, 3.8) is 0 Å². The molecule has 2 rings (SSSR count). The SMILES string of the molecule is C[C@@H](NC1CCCCC1O)c1ccccn1. The van der Waals surface area contributed by atoms with Crippen molar-refractivity contribution in [2.24, 2.45) is 0 Å². The molecule has 0 amide bonds. The molecule has 0 bridgehead atoms. The minimum absolute atomic E-state index is 0.195. The van der Waals surface area contributed by atoms with Crippen LogP contribution in [-0.2, 0) is 0 Å². The quantitative estimate of drug-likeness (QED) is 0.819. The van der Waals surface area contributed by atoms with Gasteiger partial charge in [0.05, 0.1) is 11.8 Å². The summed E-state index contributed by atoms with van der Waals surface area (Å²) >= 11 is 0. The Labute approximate surface area is 96.9 Å². The van der Waals surface area contributed by atoms with Gasteiger partial charge in [-0.1, -0.05) is 18.9 Å². The average Bonchev–Trinajstić information content (AvgIpc) is 2.33. The first-order valence-corrected chi connectivity index (χ1v) is 6.12. The maximum Gasteiger partial charge on any atom is 0.0693 e. The standard InChI is InChI=1S/C13H20N2O/c1-10(11-6-4-5-9-14-11)15-12-7-2-3-8-13(12)16/h4-6,9-10,12-13,15-16H,2-3,7-8H2,1H3/t10-,12?,13?/m1/s1. The molecule has 88 valence electrons. The van der Waals surface area contributed by atoms with Crippen LogP contribution in [0.4, 0.5) is 0 Å². The Morgan fingerprint density at radius 2 is 2.19 bits per heavy atom. The summed E-state index contributed by atoms with van der Waals surface area (Å²) in [4.78, 5) is 4.33. The summed E-state index contributed by atoms with van der Waals surface area (Å²) in [6.07, 6.45) is 5.97. The number of pyridine rings is 1. The second kappa shape index (κ2) is 5.41. The van der Waals surface area contributed by atoms with Gasteiger partial charge in [0.2, 0.25) is 0 Å². The number of nitrogens with zero attached hydrogens (tertiary/aromatic N) is 1. The van der Waals surface area contributed by atoms with Crippen LogP contribution in [0.5, 0.6) is 0 Å². The summed E-state index contributed by atoms with van der Waals surface area (Å²) in [5.41, 5.74) is 1.04. The molecule has 0 spiro atoms. The predicted molar refractivity (Wildman–Crippen MR) is 64.1 cm³/mol. The molecular formula is C13H20N2O. The molecule has 1 aromatic heterocycles. The zero-order valence-corrected chi connectivity index (χ0v) is 9.76. The minimum atomic E-state index is -0.195. The highest BCUT2D eigenvalue weighted by molar-refractivity contribution is 5.08. The Bertz CT molecular complexity index is 315. The Balaban J connectivity index is 1.94. The van der Waals surface area contributed by atoms with Gasteiger partial charge in [-0.3, -0.25) is 4.98 Å². The van der Waals surface area contributed by atoms with E-state index >= 15 is 0 Å². The molecule has 1 fully saturated rings. The van der Waals surface area contributed by atoms with Crippen LogP contribution >= 0.6 is 0 Å². The normalized spacial score (nSPS) is 27.6. The molecule has 1 heterocycles. The first-order chi connectivity index (χ1) is 7.77.